The Balaban J connectivity index is 1.80. The molecule has 26 heavy (non-hydrogen) atoms. The summed E-state index contributed by atoms with van der Waals surface area (Å²) in [5.41, 5.74) is 0.491. The van der Waals surface area contributed by atoms with Crippen LogP contribution < -0.4 is 10.6 Å². The number of sulfone groups is 1. The topological polar surface area (TPSA) is 92.3 Å². The summed E-state index contributed by atoms with van der Waals surface area (Å²) < 4.78 is 26.2. The lowest BCUT2D eigenvalue weighted by Gasteiger charge is -2.18. The van der Waals surface area contributed by atoms with Gasteiger partial charge in [-0.25, -0.2) is 8.42 Å². The standard InChI is InChI=1S/C17H17ClN2O4S2/c18-12-5-3-11(4-6-12)14(26(23,24)15-2-1-9-25-15)10-19-16(21)17(22)20-13-7-8-13/h1-6,9,13-14H,7-8,10H2,(H,19,21)(H,20,22)/t14-/m0/s1. The number of hydrogen-bond acceptors (Lipinski definition) is 5. The van der Waals surface area contributed by atoms with Crippen molar-refractivity contribution in [3.8, 4) is 0 Å². The van der Waals surface area contributed by atoms with Crippen molar-refractivity contribution in [3.05, 3.63) is 52.4 Å². The van der Waals surface area contributed by atoms with Gasteiger partial charge in [0.1, 0.15) is 9.46 Å². The number of carbonyl (C=O) groups is 2. The maximum atomic E-state index is 13.0. The Bertz CT molecular complexity index is 891. The van der Waals surface area contributed by atoms with Crippen molar-refractivity contribution in [2.75, 3.05) is 6.54 Å². The average Bonchev–Trinajstić information content (AvgIpc) is 3.24. The molecule has 1 atom stereocenters. The lowest BCUT2D eigenvalue weighted by molar-refractivity contribution is -0.139. The summed E-state index contributed by atoms with van der Waals surface area (Å²) in [5, 5.41) is 6.15. The Morgan fingerprint density at radius 2 is 1.85 bits per heavy atom. The molecule has 1 aromatic carbocycles. The van der Waals surface area contributed by atoms with Crippen molar-refractivity contribution in [2.24, 2.45) is 0 Å². The van der Waals surface area contributed by atoms with Gasteiger partial charge in [-0.2, -0.15) is 0 Å². The first-order chi connectivity index (χ1) is 12.4. The van der Waals surface area contributed by atoms with Gasteiger partial charge in [0.05, 0.1) is 0 Å². The minimum atomic E-state index is -3.73. The summed E-state index contributed by atoms with van der Waals surface area (Å²) in [6.45, 7) is -0.210. The Morgan fingerprint density at radius 1 is 1.15 bits per heavy atom. The molecule has 1 saturated carbocycles. The van der Waals surface area contributed by atoms with E-state index in [-0.39, 0.29) is 16.8 Å². The molecule has 0 bridgehead atoms. The van der Waals surface area contributed by atoms with Crippen molar-refractivity contribution in [2.45, 2.75) is 28.3 Å². The van der Waals surface area contributed by atoms with E-state index in [0.29, 0.717) is 10.6 Å². The normalized spacial score (nSPS) is 15.3. The van der Waals surface area contributed by atoms with E-state index in [9.17, 15) is 18.0 Å². The summed E-state index contributed by atoms with van der Waals surface area (Å²) in [5.74, 6) is -1.58. The second-order valence-electron chi connectivity index (χ2n) is 5.98. The molecule has 0 aliphatic heterocycles. The van der Waals surface area contributed by atoms with Crippen LogP contribution in [0.3, 0.4) is 0 Å². The molecule has 0 spiro atoms. The lowest BCUT2D eigenvalue weighted by atomic mass is 10.1. The Morgan fingerprint density at radius 3 is 2.42 bits per heavy atom. The third-order valence-electron chi connectivity index (χ3n) is 3.96. The molecular weight excluding hydrogens is 396 g/mol. The lowest BCUT2D eigenvalue weighted by Crippen LogP contribution is -2.43. The number of amides is 2. The van der Waals surface area contributed by atoms with E-state index in [1.54, 1.807) is 35.7 Å². The third-order valence-corrected chi connectivity index (χ3v) is 7.74. The molecule has 1 heterocycles. The fourth-order valence-electron chi connectivity index (χ4n) is 2.39. The number of benzene rings is 1. The van der Waals surface area contributed by atoms with E-state index >= 15 is 0 Å². The van der Waals surface area contributed by atoms with E-state index in [0.717, 1.165) is 24.2 Å². The van der Waals surface area contributed by atoms with Crippen LogP contribution in [0.4, 0.5) is 0 Å². The highest BCUT2D eigenvalue weighted by molar-refractivity contribution is 7.93. The summed E-state index contributed by atoms with van der Waals surface area (Å²) in [7, 11) is -3.73. The molecular formula is C17H17ClN2O4S2. The highest BCUT2D eigenvalue weighted by Crippen LogP contribution is 2.31. The average molecular weight is 413 g/mol. The van der Waals surface area contributed by atoms with E-state index < -0.39 is 26.9 Å². The van der Waals surface area contributed by atoms with Crippen LogP contribution in [0.25, 0.3) is 0 Å². The molecule has 0 radical (unpaired) electrons. The van der Waals surface area contributed by atoms with Crippen LogP contribution in [0, 0.1) is 0 Å². The van der Waals surface area contributed by atoms with Crippen LogP contribution in [0.2, 0.25) is 5.02 Å². The van der Waals surface area contributed by atoms with Crippen LogP contribution in [-0.2, 0) is 19.4 Å². The fraction of sp³-hybridized carbons (Fsp3) is 0.294. The van der Waals surface area contributed by atoms with Crippen LogP contribution in [0.5, 0.6) is 0 Å². The summed E-state index contributed by atoms with van der Waals surface area (Å²) in [4.78, 5) is 23.8. The Hall–Kier alpha value is -1.90. The molecule has 0 unspecified atom stereocenters. The Kier molecular flexibility index (Phi) is 5.64. The van der Waals surface area contributed by atoms with Gasteiger partial charge in [0.15, 0.2) is 9.84 Å². The Labute approximate surface area is 160 Å². The van der Waals surface area contributed by atoms with Crippen molar-refractivity contribution < 1.29 is 18.0 Å². The molecule has 3 rings (SSSR count). The second-order valence-corrected chi connectivity index (χ2v) is 9.72. The predicted octanol–water partition coefficient (Wildman–Crippen LogP) is 2.31. The molecule has 1 aliphatic rings. The largest absolute Gasteiger partial charge is 0.346 e. The second kappa shape index (κ2) is 7.77. The summed E-state index contributed by atoms with van der Waals surface area (Å²) in [6, 6.07) is 9.62. The molecule has 2 N–H and O–H groups in total. The van der Waals surface area contributed by atoms with Crippen molar-refractivity contribution in [1.82, 2.24) is 10.6 Å². The maximum absolute atomic E-state index is 13.0. The van der Waals surface area contributed by atoms with Crippen LogP contribution in [0.1, 0.15) is 23.7 Å². The van der Waals surface area contributed by atoms with Gasteiger partial charge in [0.25, 0.3) is 0 Å². The monoisotopic (exact) mass is 412 g/mol. The van der Waals surface area contributed by atoms with Gasteiger partial charge in [0, 0.05) is 17.6 Å². The number of hydrogen-bond donors (Lipinski definition) is 2. The van der Waals surface area contributed by atoms with Crippen LogP contribution in [-0.4, -0.2) is 32.8 Å². The minimum absolute atomic E-state index is 0.0511. The zero-order valence-electron chi connectivity index (χ0n) is 13.6. The van der Waals surface area contributed by atoms with Gasteiger partial charge in [-0.1, -0.05) is 29.8 Å². The zero-order chi connectivity index (χ0) is 18.7. The number of nitrogens with one attached hydrogen (secondary N) is 2. The number of halogens is 1. The molecule has 9 heteroatoms. The van der Waals surface area contributed by atoms with Gasteiger partial charge in [-0.15, -0.1) is 11.3 Å². The van der Waals surface area contributed by atoms with Gasteiger partial charge >= 0.3 is 11.8 Å². The number of rotatable bonds is 6. The SMILES string of the molecule is O=C(NC[C@@H](c1ccc(Cl)cc1)S(=O)(=O)c1cccs1)C(=O)NC1CC1. The maximum Gasteiger partial charge on any atom is 0.309 e. The molecule has 1 aliphatic carbocycles. The van der Waals surface area contributed by atoms with Crippen molar-refractivity contribution >= 4 is 44.6 Å². The highest BCUT2D eigenvalue weighted by atomic mass is 35.5. The summed E-state index contributed by atoms with van der Waals surface area (Å²) >= 11 is 6.99. The molecule has 0 saturated heterocycles. The minimum Gasteiger partial charge on any atom is -0.346 e. The molecule has 138 valence electrons. The molecule has 2 aromatic rings. The van der Waals surface area contributed by atoms with E-state index in [1.807, 2.05) is 0 Å². The third kappa shape index (κ3) is 4.44. The highest BCUT2D eigenvalue weighted by Gasteiger charge is 2.32. The van der Waals surface area contributed by atoms with E-state index in [4.69, 9.17) is 11.6 Å². The molecule has 1 aromatic heterocycles. The van der Waals surface area contributed by atoms with Crippen molar-refractivity contribution in [3.63, 3.8) is 0 Å². The first-order valence-electron chi connectivity index (χ1n) is 7.99. The summed E-state index contributed by atoms with van der Waals surface area (Å²) in [6.07, 6.45) is 1.72. The predicted molar refractivity (Wildman–Crippen MR) is 99.9 cm³/mol. The first kappa shape index (κ1) is 18.9. The van der Waals surface area contributed by atoms with Crippen molar-refractivity contribution in [1.29, 1.82) is 0 Å². The number of carbonyl (C=O) groups excluding carboxylic acids is 2. The molecule has 1 fully saturated rings. The van der Waals surface area contributed by atoms with E-state index in [1.165, 1.54) is 6.07 Å². The fourth-order valence-corrected chi connectivity index (χ4v) is 5.39. The molecule has 2 amide bonds. The first-order valence-corrected chi connectivity index (χ1v) is 10.8. The number of thiophene rings is 1. The van der Waals surface area contributed by atoms with Gasteiger partial charge in [-0.05, 0) is 42.0 Å². The van der Waals surface area contributed by atoms with E-state index in [2.05, 4.69) is 10.6 Å². The van der Waals surface area contributed by atoms with Gasteiger partial charge in [-0.3, -0.25) is 9.59 Å². The zero-order valence-corrected chi connectivity index (χ0v) is 16.0. The van der Waals surface area contributed by atoms with Gasteiger partial charge < -0.3 is 10.6 Å². The van der Waals surface area contributed by atoms with Crippen LogP contribution >= 0.6 is 22.9 Å². The van der Waals surface area contributed by atoms with Crippen LogP contribution in [0.15, 0.2) is 46.0 Å². The quantitative estimate of drug-likeness (QED) is 0.712. The smallest absolute Gasteiger partial charge is 0.309 e. The molecule has 6 nitrogen and oxygen atoms in total. The van der Waals surface area contributed by atoms with Gasteiger partial charge in [0.2, 0.25) is 0 Å².